The summed E-state index contributed by atoms with van der Waals surface area (Å²) in [5.41, 5.74) is 9.28. The number of carbonyl (C=O) groups is 2. The van der Waals surface area contributed by atoms with E-state index >= 15 is 0 Å². The molecule has 0 aromatic heterocycles. The lowest BCUT2D eigenvalue weighted by Gasteiger charge is -2.24. The van der Waals surface area contributed by atoms with Crippen LogP contribution in [0.1, 0.15) is 45.2 Å². The van der Waals surface area contributed by atoms with Gasteiger partial charge in [-0.05, 0) is 12.5 Å². The summed E-state index contributed by atoms with van der Waals surface area (Å²) in [6.07, 6.45) is 0.940. The van der Waals surface area contributed by atoms with Crippen molar-refractivity contribution in [2.45, 2.75) is 13.3 Å². The van der Waals surface area contributed by atoms with Crippen molar-refractivity contribution in [3.8, 4) is 0 Å². The molecule has 1 aliphatic rings. The SMILES string of the molecule is CCCNc1cc(N)c2c(c1NC)C(=O)c1ccccc1C2=O. The maximum absolute atomic E-state index is 12.9. The first-order valence-electron chi connectivity index (χ1n) is 7.66. The van der Waals surface area contributed by atoms with Crippen LogP contribution >= 0.6 is 0 Å². The quantitative estimate of drug-likeness (QED) is 0.645. The Balaban J connectivity index is 2.27. The summed E-state index contributed by atoms with van der Waals surface area (Å²) in [5.74, 6) is -0.377. The second-order valence-corrected chi connectivity index (χ2v) is 5.52. The Hall–Kier alpha value is -2.82. The first kappa shape index (κ1) is 15.1. The molecule has 1 aliphatic carbocycles. The maximum atomic E-state index is 12.9. The van der Waals surface area contributed by atoms with E-state index in [1.54, 1.807) is 37.4 Å². The highest BCUT2D eigenvalue weighted by Gasteiger charge is 2.34. The molecular formula is C18H19N3O2. The molecule has 0 heterocycles. The molecule has 0 saturated carbocycles. The fourth-order valence-corrected chi connectivity index (χ4v) is 2.98. The van der Waals surface area contributed by atoms with Crippen molar-refractivity contribution in [2.75, 3.05) is 30.0 Å². The standard InChI is InChI=1S/C18H19N3O2/c1-3-8-21-13-9-12(19)14-15(16(13)20-2)18(23)11-7-5-4-6-10(11)17(14)22/h4-7,9,20-21H,3,8,19H2,1-2H3. The summed E-state index contributed by atoms with van der Waals surface area (Å²) in [7, 11) is 1.74. The smallest absolute Gasteiger partial charge is 0.196 e. The van der Waals surface area contributed by atoms with Crippen LogP contribution in [0.5, 0.6) is 0 Å². The molecule has 0 aliphatic heterocycles. The molecule has 118 valence electrons. The second-order valence-electron chi connectivity index (χ2n) is 5.52. The Morgan fingerprint density at radius 1 is 1.04 bits per heavy atom. The van der Waals surface area contributed by atoms with Crippen molar-refractivity contribution in [3.05, 3.63) is 52.6 Å². The highest BCUT2D eigenvalue weighted by molar-refractivity contribution is 6.32. The summed E-state index contributed by atoms with van der Waals surface area (Å²) >= 11 is 0. The van der Waals surface area contributed by atoms with Crippen molar-refractivity contribution < 1.29 is 9.59 Å². The number of fused-ring (bicyclic) bond motifs is 2. The number of nitrogen functional groups attached to an aromatic ring is 1. The third-order valence-electron chi connectivity index (χ3n) is 4.04. The van der Waals surface area contributed by atoms with Gasteiger partial charge in [-0.1, -0.05) is 31.2 Å². The largest absolute Gasteiger partial charge is 0.398 e. The van der Waals surface area contributed by atoms with Gasteiger partial charge in [-0.3, -0.25) is 9.59 Å². The van der Waals surface area contributed by atoms with Gasteiger partial charge in [0.2, 0.25) is 0 Å². The molecule has 0 radical (unpaired) electrons. The molecule has 0 fully saturated rings. The summed E-state index contributed by atoms with van der Waals surface area (Å²) in [6, 6.07) is 8.58. The normalized spacial score (nSPS) is 12.6. The summed E-state index contributed by atoms with van der Waals surface area (Å²) in [5, 5.41) is 6.31. The lowest BCUT2D eigenvalue weighted by atomic mass is 9.82. The van der Waals surface area contributed by atoms with Gasteiger partial charge in [0.05, 0.1) is 22.5 Å². The van der Waals surface area contributed by atoms with Gasteiger partial charge in [-0.15, -0.1) is 0 Å². The lowest BCUT2D eigenvalue weighted by Crippen LogP contribution is -2.24. The first-order valence-corrected chi connectivity index (χ1v) is 7.66. The lowest BCUT2D eigenvalue weighted by molar-refractivity contribution is 0.0980. The van der Waals surface area contributed by atoms with Crippen LogP contribution < -0.4 is 16.4 Å². The maximum Gasteiger partial charge on any atom is 0.196 e. The number of hydrogen-bond donors (Lipinski definition) is 3. The van der Waals surface area contributed by atoms with Crippen LogP contribution in [0.4, 0.5) is 17.1 Å². The molecular weight excluding hydrogens is 290 g/mol. The Morgan fingerprint density at radius 3 is 2.22 bits per heavy atom. The molecule has 3 rings (SSSR count). The summed E-state index contributed by atoms with van der Waals surface area (Å²) in [6.45, 7) is 2.81. The minimum atomic E-state index is -0.203. The van der Waals surface area contributed by atoms with E-state index in [-0.39, 0.29) is 11.6 Å². The van der Waals surface area contributed by atoms with Gasteiger partial charge >= 0.3 is 0 Å². The van der Waals surface area contributed by atoms with E-state index in [1.165, 1.54) is 0 Å². The van der Waals surface area contributed by atoms with Gasteiger partial charge in [0, 0.05) is 30.4 Å². The van der Waals surface area contributed by atoms with Crippen LogP contribution in [-0.4, -0.2) is 25.2 Å². The highest BCUT2D eigenvalue weighted by atomic mass is 16.1. The van der Waals surface area contributed by atoms with Gasteiger partial charge in [0.25, 0.3) is 0 Å². The van der Waals surface area contributed by atoms with E-state index in [1.807, 2.05) is 0 Å². The Labute approximate surface area is 134 Å². The molecule has 5 heteroatoms. The third-order valence-corrected chi connectivity index (χ3v) is 4.04. The predicted molar refractivity (Wildman–Crippen MR) is 92.5 cm³/mol. The highest BCUT2D eigenvalue weighted by Crippen LogP contribution is 2.39. The van der Waals surface area contributed by atoms with Crippen LogP contribution in [0.25, 0.3) is 0 Å². The predicted octanol–water partition coefficient (Wildman–Crippen LogP) is 2.91. The molecule has 2 aromatic carbocycles. The van der Waals surface area contributed by atoms with Gasteiger partial charge < -0.3 is 16.4 Å². The fourth-order valence-electron chi connectivity index (χ4n) is 2.98. The third kappa shape index (κ3) is 2.25. The van der Waals surface area contributed by atoms with Crippen molar-refractivity contribution in [1.82, 2.24) is 0 Å². The summed E-state index contributed by atoms with van der Waals surface area (Å²) in [4.78, 5) is 25.7. The monoisotopic (exact) mass is 309 g/mol. The zero-order valence-corrected chi connectivity index (χ0v) is 13.2. The van der Waals surface area contributed by atoms with Crippen molar-refractivity contribution in [1.29, 1.82) is 0 Å². The van der Waals surface area contributed by atoms with Gasteiger partial charge in [-0.2, -0.15) is 0 Å². The molecule has 0 amide bonds. The average molecular weight is 309 g/mol. The van der Waals surface area contributed by atoms with Crippen LogP contribution in [-0.2, 0) is 0 Å². The van der Waals surface area contributed by atoms with E-state index in [0.717, 1.165) is 18.7 Å². The number of ketones is 2. The average Bonchev–Trinajstić information content (AvgIpc) is 2.57. The van der Waals surface area contributed by atoms with Crippen molar-refractivity contribution in [3.63, 3.8) is 0 Å². The molecule has 2 aromatic rings. The van der Waals surface area contributed by atoms with E-state index in [9.17, 15) is 9.59 Å². The minimum Gasteiger partial charge on any atom is -0.398 e. The molecule has 0 saturated heterocycles. The zero-order chi connectivity index (χ0) is 16.6. The molecule has 4 N–H and O–H groups in total. The zero-order valence-electron chi connectivity index (χ0n) is 13.2. The van der Waals surface area contributed by atoms with E-state index in [4.69, 9.17) is 5.73 Å². The van der Waals surface area contributed by atoms with Crippen LogP contribution in [0.3, 0.4) is 0 Å². The number of hydrogen-bond acceptors (Lipinski definition) is 5. The number of rotatable bonds is 4. The molecule has 5 nitrogen and oxygen atoms in total. The van der Waals surface area contributed by atoms with Crippen LogP contribution in [0.2, 0.25) is 0 Å². The van der Waals surface area contributed by atoms with Crippen molar-refractivity contribution in [2.24, 2.45) is 0 Å². The first-order chi connectivity index (χ1) is 11.1. The van der Waals surface area contributed by atoms with Gasteiger partial charge in [-0.25, -0.2) is 0 Å². The molecule has 23 heavy (non-hydrogen) atoms. The Kier molecular flexibility index (Phi) is 3.78. The van der Waals surface area contributed by atoms with Gasteiger partial charge in [0.15, 0.2) is 11.6 Å². The fraction of sp³-hybridized carbons (Fsp3) is 0.222. The number of nitrogens with two attached hydrogens (primary N) is 1. The number of nitrogens with one attached hydrogen (secondary N) is 2. The number of carbonyl (C=O) groups excluding carboxylic acids is 2. The van der Waals surface area contributed by atoms with Crippen LogP contribution in [0, 0.1) is 0 Å². The van der Waals surface area contributed by atoms with E-state index in [2.05, 4.69) is 17.6 Å². The number of benzene rings is 2. The van der Waals surface area contributed by atoms with E-state index in [0.29, 0.717) is 33.6 Å². The topological polar surface area (TPSA) is 84.2 Å². The minimum absolute atomic E-state index is 0.175. The van der Waals surface area contributed by atoms with Gasteiger partial charge in [0.1, 0.15) is 0 Å². The van der Waals surface area contributed by atoms with E-state index < -0.39 is 0 Å². The number of anilines is 3. The Morgan fingerprint density at radius 2 is 1.65 bits per heavy atom. The van der Waals surface area contributed by atoms with Crippen molar-refractivity contribution >= 4 is 28.6 Å². The molecule has 0 spiro atoms. The van der Waals surface area contributed by atoms with Crippen LogP contribution in [0.15, 0.2) is 30.3 Å². The molecule has 0 atom stereocenters. The Bertz CT molecular complexity index is 812. The second kappa shape index (κ2) is 5.76. The summed E-state index contributed by atoms with van der Waals surface area (Å²) < 4.78 is 0. The molecule has 0 unspecified atom stereocenters. The molecule has 0 bridgehead atoms.